The number of aromatic nitrogens is 3. The molecule has 1 aromatic carbocycles. The van der Waals surface area contributed by atoms with Crippen LogP contribution in [0, 0.1) is 6.92 Å². The van der Waals surface area contributed by atoms with E-state index in [9.17, 15) is 4.79 Å². The number of aryl methyl sites for hydroxylation is 1. The van der Waals surface area contributed by atoms with Crippen molar-refractivity contribution in [3.63, 3.8) is 0 Å². The number of hydrogen-bond acceptors (Lipinski definition) is 5. The Labute approximate surface area is 180 Å². The van der Waals surface area contributed by atoms with Crippen molar-refractivity contribution in [2.24, 2.45) is 0 Å². The monoisotopic (exact) mass is 421 g/mol. The summed E-state index contributed by atoms with van der Waals surface area (Å²) >= 11 is 1.59. The van der Waals surface area contributed by atoms with E-state index in [-0.39, 0.29) is 5.91 Å². The van der Waals surface area contributed by atoms with Crippen LogP contribution in [0.1, 0.15) is 36.2 Å². The van der Waals surface area contributed by atoms with E-state index >= 15 is 0 Å². The van der Waals surface area contributed by atoms with Gasteiger partial charge in [-0.2, -0.15) is 0 Å². The number of carbonyl (C=O) groups is 1. The Kier molecular flexibility index (Phi) is 6.11. The number of carbonyl (C=O) groups excluding carboxylic acids is 1. The average Bonchev–Trinajstić information content (AvgIpc) is 3.31. The number of benzene rings is 1. The lowest BCUT2D eigenvalue weighted by Gasteiger charge is -2.17. The molecule has 4 rings (SSSR count). The van der Waals surface area contributed by atoms with Crippen LogP contribution in [-0.2, 0) is 0 Å². The third-order valence-electron chi connectivity index (χ3n) is 5.37. The van der Waals surface area contributed by atoms with E-state index in [1.54, 1.807) is 11.3 Å². The summed E-state index contributed by atoms with van der Waals surface area (Å²) < 4.78 is 3.13. The maximum Gasteiger partial charge on any atom is 0.251 e. The van der Waals surface area contributed by atoms with Crippen molar-refractivity contribution >= 4 is 32.4 Å². The van der Waals surface area contributed by atoms with Gasteiger partial charge in [0, 0.05) is 24.5 Å². The molecule has 0 atom stereocenters. The Morgan fingerprint density at radius 2 is 2.00 bits per heavy atom. The van der Waals surface area contributed by atoms with Gasteiger partial charge in [-0.1, -0.05) is 25.2 Å². The molecule has 0 aliphatic carbocycles. The van der Waals surface area contributed by atoms with E-state index in [4.69, 9.17) is 4.98 Å². The van der Waals surface area contributed by atoms with Gasteiger partial charge in [0.05, 0.1) is 15.9 Å². The second-order valence-corrected chi connectivity index (χ2v) is 8.43. The molecule has 3 heterocycles. The molecule has 0 aliphatic heterocycles. The van der Waals surface area contributed by atoms with Crippen molar-refractivity contribution in [2.45, 2.75) is 27.2 Å². The van der Waals surface area contributed by atoms with Crippen LogP contribution in [0.2, 0.25) is 0 Å². The molecule has 0 fully saturated rings. The number of nitrogens with zero attached hydrogens (tertiary/aromatic N) is 4. The zero-order valence-corrected chi connectivity index (χ0v) is 18.5. The molecule has 4 aromatic rings. The topological polar surface area (TPSA) is 62.5 Å². The third kappa shape index (κ3) is 4.22. The molecule has 30 heavy (non-hydrogen) atoms. The number of nitrogens with one attached hydrogen (secondary N) is 1. The summed E-state index contributed by atoms with van der Waals surface area (Å²) in [6.07, 6.45) is 4.78. The van der Waals surface area contributed by atoms with Crippen LogP contribution in [-0.4, -0.2) is 51.4 Å². The average molecular weight is 422 g/mol. The van der Waals surface area contributed by atoms with Gasteiger partial charge in [0.15, 0.2) is 4.96 Å². The van der Waals surface area contributed by atoms with Crippen molar-refractivity contribution < 1.29 is 4.79 Å². The molecule has 0 bridgehead atoms. The standard InChI is InChI=1S/C23H27N5OS/c1-4-27(5-2)12-6-10-25-22(29)17-7-8-20-21(14-17)30-23-26-19(15-28(20)23)18-13-16(3)9-11-24-18/h7-9,11,13-15H,4-6,10,12H2,1-3H3,(H,25,29). The zero-order valence-electron chi connectivity index (χ0n) is 17.7. The number of pyridine rings is 1. The second-order valence-electron chi connectivity index (χ2n) is 7.42. The van der Waals surface area contributed by atoms with Crippen LogP contribution >= 0.6 is 11.3 Å². The lowest BCUT2D eigenvalue weighted by Crippen LogP contribution is -2.29. The molecular formula is C23H27N5OS. The van der Waals surface area contributed by atoms with Crippen molar-refractivity contribution in [1.82, 2.24) is 24.6 Å². The van der Waals surface area contributed by atoms with Gasteiger partial charge >= 0.3 is 0 Å². The Morgan fingerprint density at radius 3 is 2.77 bits per heavy atom. The van der Waals surface area contributed by atoms with Crippen LogP contribution in [0.25, 0.3) is 26.6 Å². The van der Waals surface area contributed by atoms with Gasteiger partial charge in [-0.3, -0.25) is 14.2 Å². The van der Waals surface area contributed by atoms with Gasteiger partial charge in [-0.05, 0) is 68.9 Å². The molecule has 0 saturated carbocycles. The van der Waals surface area contributed by atoms with E-state index in [0.717, 1.165) is 58.2 Å². The van der Waals surface area contributed by atoms with Crippen LogP contribution < -0.4 is 5.32 Å². The fourth-order valence-electron chi connectivity index (χ4n) is 3.59. The van der Waals surface area contributed by atoms with Crippen molar-refractivity contribution in [1.29, 1.82) is 0 Å². The first kappa shape index (κ1) is 20.5. The largest absolute Gasteiger partial charge is 0.352 e. The highest BCUT2D eigenvalue weighted by molar-refractivity contribution is 7.23. The van der Waals surface area contributed by atoms with Crippen molar-refractivity contribution in [3.05, 3.63) is 53.9 Å². The number of hydrogen-bond donors (Lipinski definition) is 1. The zero-order chi connectivity index (χ0) is 21.1. The van der Waals surface area contributed by atoms with E-state index in [1.165, 1.54) is 0 Å². The fourth-order valence-corrected chi connectivity index (χ4v) is 4.64. The highest BCUT2D eigenvalue weighted by Gasteiger charge is 2.13. The molecule has 0 unspecified atom stereocenters. The van der Waals surface area contributed by atoms with Crippen molar-refractivity contribution in [3.8, 4) is 11.4 Å². The molecule has 0 radical (unpaired) electrons. The van der Waals surface area contributed by atoms with Gasteiger partial charge in [0.2, 0.25) is 0 Å². The quantitative estimate of drug-likeness (QED) is 0.429. The highest BCUT2D eigenvalue weighted by atomic mass is 32.1. The smallest absolute Gasteiger partial charge is 0.251 e. The summed E-state index contributed by atoms with van der Waals surface area (Å²) in [5, 5.41) is 3.04. The normalized spacial score (nSPS) is 11.6. The molecule has 156 valence electrons. The summed E-state index contributed by atoms with van der Waals surface area (Å²) in [7, 11) is 0. The van der Waals surface area contributed by atoms with Crippen LogP contribution in [0.3, 0.4) is 0 Å². The Balaban J connectivity index is 1.48. The number of amides is 1. The summed E-state index contributed by atoms with van der Waals surface area (Å²) in [4.78, 5) is 25.0. The lowest BCUT2D eigenvalue weighted by molar-refractivity contribution is 0.0952. The van der Waals surface area contributed by atoms with E-state index in [1.807, 2.05) is 42.7 Å². The van der Waals surface area contributed by atoms with Gasteiger partial charge in [0.25, 0.3) is 5.91 Å². The molecule has 6 nitrogen and oxygen atoms in total. The van der Waals surface area contributed by atoms with Gasteiger partial charge in [-0.15, -0.1) is 0 Å². The second kappa shape index (κ2) is 8.93. The van der Waals surface area contributed by atoms with Crippen LogP contribution in [0.4, 0.5) is 0 Å². The molecule has 1 amide bonds. The molecular weight excluding hydrogens is 394 g/mol. The number of fused-ring (bicyclic) bond motifs is 3. The number of thiazole rings is 1. The van der Waals surface area contributed by atoms with Gasteiger partial charge in [-0.25, -0.2) is 4.98 Å². The first-order valence-corrected chi connectivity index (χ1v) is 11.3. The summed E-state index contributed by atoms with van der Waals surface area (Å²) in [5.74, 6) is -0.0212. The van der Waals surface area contributed by atoms with Crippen molar-refractivity contribution in [2.75, 3.05) is 26.2 Å². The fraction of sp³-hybridized carbons (Fsp3) is 0.348. The van der Waals surface area contributed by atoms with E-state index in [2.05, 4.69) is 40.4 Å². The SMILES string of the molecule is CCN(CC)CCCNC(=O)c1ccc2c(c1)sc1nc(-c3cc(C)ccn3)cn12. The predicted octanol–water partition coefficient (Wildman–Crippen LogP) is 4.38. The minimum absolute atomic E-state index is 0.0212. The van der Waals surface area contributed by atoms with E-state index in [0.29, 0.717) is 12.1 Å². The number of imidazole rings is 1. The predicted molar refractivity (Wildman–Crippen MR) is 123 cm³/mol. The first-order valence-electron chi connectivity index (χ1n) is 10.4. The highest BCUT2D eigenvalue weighted by Crippen LogP contribution is 2.29. The van der Waals surface area contributed by atoms with Gasteiger partial charge < -0.3 is 10.2 Å². The number of rotatable bonds is 8. The van der Waals surface area contributed by atoms with Crippen LogP contribution in [0.15, 0.2) is 42.7 Å². The molecule has 1 N–H and O–H groups in total. The van der Waals surface area contributed by atoms with E-state index < -0.39 is 0 Å². The van der Waals surface area contributed by atoms with Gasteiger partial charge in [0.1, 0.15) is 5.69 Å². The maximum atomic E-state index is 12.5. The lowest BCUT2D eigenvalue weighted by atomic mass is 10.2. The van der Waals surface area contributed by atoms with Crippen LogP contribution in [0.5, 0.6) is 0 Å². The molecule has 0 aliphatic rings. The Morgan fingerprint density at radius 1 is 1.17 bits per heavy atom. The molecule has 7 heteroatoms. The maximum absolute atomic E-state index is 12.5. The Hall–Kier alpha value is -2.77. The molecule has 0 saturated heterocycles. The molecule has 0 spiro atoms. The minimum atomic E-state index is -0.0212. The molecule has 3 aromatic heterocycles. The minimum Gasteiger partial charge on any atom is -0.352 e. The summed E-state index contributed by atoms with van der Waals surface area (Å²) in [6.45, 7) is 10.2. The summed E-state index contributed by atoms with van der Waals surface area (Å²) in [6, 6.07) is 9.86. The first-order chi connectivity index (χ1) is 14.6. The Bertz CT molecular complexity index is 1170. The summed E-state index contributed by atoms with van der Waals surface area (Å²) in [5.41, 5.74) is 4.64. The third-order valence-corrected chi connectivity index (χ3v) is 6.38.